The Hall–Kier alpha value is -1.34. The van der Waals surface area contributed by atoms with Crippen molar-refractivity contribution in [2.75, 3.05) is 6.26 Å². The van der Waals surface area contributed by atoms with Crippen LogP contribution in [0.1, 0.15) is 16.7 Å². The van der Waals surface area contributed by atoms with E-state index >= 15 is 0 Å². The van der Waals surface area contributed by atoms with Crippen LogP contribution in [0.2, 0.25) is 0 Å². The van der Waals surface area contributed by atoms with Crippen molar-refractivity contribution in [2.24, 2.45) is 0 Å². The van der Waals surface area contributed by atoms with Gasteiger partial charge in [0.15, 0.2) is 9.84 Å². The van der Waals surface area contributed by atoms with Crippen LogP contribution in [0.15, 0.2) is 17.0 Å². The van der Waals surface area contributed by atoms with Crippen molar-refractivity contribution in [1.29, 1.82) is 5.26 Å². The van der Waals surface area contributed by atoms with E-state index in [0.717, 1.165) is 17.4 Å². The highest BCUT2D eigenvalue weighted by Crippen LogP contribution is 2.18. The summed E-state index contributed by atoms with van der Waals surface area (Å²) in [5, 5.41) is 8.79. The average molecular weight is 209 g/mol. The minimum Gasteiger partial charge on any atom is -0.224 e. The van der Waals surface area contributed by atoms with Crippen LogP contribution in [0, 0.1) is 25.2 Å². The Morgan fingerprint density at radius 2 is 1.86 bits per heavy atom. The van der Waals surface area contributed by atoms with E-state index in [1.807, 2.05) is 6.07 Å². The van der Waals surface area contributed by atoms with Crippen LogP contribution in [-0.4, -0.2) is 14.7 Å². The molecule has 0 aliphatic heterocycles. The lowest BCUT2D eigenvalue weighted by atomic mass is 10.0. The first-order valence-electron chi connectivity index (χ1n) is 4.07. The van der Waals surface area contributed by atoms with E-state index in [2.05, 4.69) is 0 Å². The van der Waals surface area contributed by atoms with Crippen LogP contribution >= 0.6 is 0 Å². The maximum atomic E-state index is 11.3. The van der Waals surface area contributed by atoms with Gasteiger partial charge in [0.25, 0.3) is 0 Å². The van der Waals surface area contributed by atoms with Gasteiger partial charge in [-0.25, -0.2) is 8.42 Å². The monoisotopic (exact) mass is 209 g/mol. The van der Waals surface area contributed by atoms with Crippen molar-refractivity contribution in [3.05, 3.63) is 28.8 Å². The average Bonchev–Trinajstić information content (AvgIpc) is 2.07. The second kappa shape index (κ2) is 3.43. The van der Waals surface area contributed by atoms with E-state index in [1.165, 1.54) is 6.07 Å². The molecule has 0 saturated carbocycles. The Bertz CT molecular complexity index is 510. The lowest BCUT2D eigenvalue weighted by Gasteiger charge is -2.05. The van der Waals surface area contributed by atoms with E-state index in [9.17, 15) is 8.42 Å². The fourth-order valence-electron chi connectivity index (χ4n) is 1.16. The zero-order chi connectivity index (χ0) is 10.9. The number of hydrogen-bond acceptors (Lipinski definition) is 3. The van der Waals surface area contributed by atoms with E-state index in [4.69, 9.17) is 5.26 Å². The normalized spacial score (nSPS) is 11.0. The molecule has 0 amide bonds. The maximum absolute atomic E-state index is 11.3. The van der Waals surface area contributed by atoms with Crippen molar-refractivity contribution in [3.63, 3.8) is 0 Å². The summed E-state index contributed by atoms with van der Waals surface area (Å²) >= 11 is 0. The fourth-order valence-corrected chi connectivity index (χ4v) is 1.88. The summed E-state index contributed by atoms with van der Waals surface area (Å²) in [5.74, 6) is 0. The molecule has 0 aliphatic carbocycles. The topological polar surface area (TPSA) is 57.9 Å². The molecule has 0 unspecified atom stereocenters. The van der Waals surface area contributed by atoms with Crippen LogP contribution < -0.4 is 0 Å². The first kappa shape index (κ1) is 10.7. The number of nitriles is 1. The van der Waals surface area contributed by atoms with Crippen molar-refractivity contribution in [3.8, 4) is 6.07 Å². The van der Waals surface area contributed by atoms with Crippen LogP contribution in [0.5, 0.6) is 0 Å². The molecule has 0 radical (unpaired) electrons. The largest absolute Gasteiger partial charge is 0.224 e. The van der Waals surface area contributed by atoms with E-state index in [0.29, 0.717) is 5.56 Å². The first-order chi connectivity index (χ1) is 6.36. The van der Waals surface area contributed by atoms with Gasteiger partial charge < -0.3 is 0 Å². The Kier molecular flexibility index (Phi) is 2.63. The quantitative estimate of drug-likeness (QED) is 0.705. The lowest BCUT2D eigenvalue weighted by Crippen LogP contribution is -2.00. The molecule has 3 nitrogen and oxygen atoms in total. The minimum absolute atomic E-state index is 0.206. The Labute approximate surface area is 83.9 Å². The van der Waals surface area contributed by atoms with Gasteiger partial charge >= 0.3 is 0 Å². The summed E-state index contributed by atoms with van der Waals surface area (Å²) in [5.41, 5.74) is 2.08. The second-order valence-corrected chi connectivity index (χ2v) is 5.31. The minimum atomic E-state index is -3.23. The van der Waals surface area contributed by atoms with Crippen molar-refractivity contribution < 1.29 is 8.42 Å². The van der Waals surface area contributed by atoms with Crippen molar-refractivity contribution in [2.45, 2.75) is 18.7 Å². The molecule has 0 fully saturated rings. The van der Waals surface area contributed by atoms with Gasteiger partial charge in [0.05, 0.1) is 16.5 Å². The smallest absolute Gasteiger partial charge is 0.175 e. The molecule has 0 aromatic heterocycles. The molecule has 0 aliphatic rings. The molecule has 1 rings (SSSR count). The first-order valence-corrected chi connectivity index (χ1v) is 5.97. The lowest BCUT2D eigenvalue weighted by molar-refractivity contribution is 0.601. The van der Waals surface area contributed by atoms with Gasteiger partial charge in [-0.15, -0.1) is 0 Å². The molecule has 0 saturated heterocycles. The number of hydrogen-bond donors (Lipinski definition) is 0. The molecule has 74 valence electrons. The highest BCUT2D eigenvalue weighted by atomic mass is 32.2. The van der Waals surface area contributed by atoms with Gasteiger partial charge in [-0.2, -0.15) is 5.26 Å². The summed E-state index contributed by atoms with van der Waals surface area (Å²) in [7, 11) is -3.23. The zero-order valence-electron chi connectivity index (χ0n) is 8.33. The Balaban J connectivity index is 3.56. The zero-order valence-corrected chi connectivity index (χ0v) is 9.14. The van der Waals surface area contributed by atoms with Gasteiger partial charge in [-0.05, 0) is 37.1 Å². The van der Waals surface area contributed by atoms with Crippen LogP contribution in [0.4, 0.5) is 0 Å². The maximum Gasteiger partial charge on any atom is 0.175 e. The van der Waals surface area contributed by atoms with Gasteiger partial charge in [-0.3, -0.25) is 0 Å². The summed E-state index contributed by atoms with van der Waals surface area (Å²) in [6.45, 7) is 3.60. The molecule has 0 bridgehead atoms. The standard InChI is InChI=1S/C10H11NO2S/c1-7-4-10(14(3,12)13)5-9(6-11)8(7)2/h4-5H,1-3H3. The van der Waals surface area contributed by atoms with E-state index in [-0.39, 0.29) is 4.90 Å². The number of aryl methyl sites for hydroxylation is 1. The van der Waals surface area contributed by atoms with Crippen molar-refractivity contribution in [1.82, 2.24) is 0 Å². The van der Waals surface area contributed by atoms with E-state index in [1.54, 1.807) is 19.9 Å². The molecular weight excluding hydrogens is 198 g/mol. The number of nitrogens with zero attached hydrogens (tertiary/aromatic N) is 1. The second-order valence-electron chi connectivity index (χ2n) is 3.30. The molecule has 4 heteroatoms. The third kappa shape index (κ3) is 1.94. The number of sulfone groups is 1. The van der Waals surface area contributed by atoms with Gasteiger partial charge in [0, 0.05) is 6.26 Å². The Morgan fingerprint density at radius 1 is 1.29 bits per heavy atom. The van der Waals surface area contributed by atoms with Gasteiger partial charge in [-0.1, -0.05) is 0 Å². The molecule has 1 aromatic carbocycles. The number of rotatable bonds is 1. The van der Waals surface area contributed by atoms with Crippen LogP contribution in [-0.2, 0) is 9.84 Å². The van der Waals surface area contributed by atoms with Gasteiger partial charge in [0.2, 0.25) is 0 Å². The SMILES string of the molecule is Cc1cc(S(C)(=O)=O)cc(C#N)c1C. The summed E-state index contributed by atoms with van der Waals surface area (Å²) in [6, 6.07) is 4.99. The van der Waals surface area contributed by atoms with Crippen molar-refractivity contribution >= 4 is 9.84 Å². The highest BCUT2D eigenvalue weighted by Gasteiger charge is 2.11. The molecule has 0 N–H and O–H groups in total. The van der Waals surface area contributed by atoms with Gasteiger partial charge in [0.1, 0.15) is 0 Å². The molecule has 14 heavy (non-hydrogen) atoms. The predicted molar refractivity (Wildman–Crippen MR) is 53.7 cm³/mol. The summed E-state index contributed by atoms with van der Waals surface area (Å²) in [6.07, 6.45) is 1.14. The summed E-state index contributed by atoms with van der Waals surface area (Å²) < 4.78 is 22.5. The summed E-state index contributed by atoms with van der Waals surface area (Å²) in [4.78, 5) is 0.206. The molecule has 1 aromatic rings. The van der Waals surface area contributed by atoms with Crippen LogP contribution in [0.3, 0.4) is 0 Å². The third-order valence-electron chi connectivity index (χ3n) is 2.19. The molecule has 0 heterocycles. The number of benzene rings is 1. The predicted octanol–water partition coefficient (Wildman–Crippen LogP) is 1.58. The fraction of sp³-hybridized carbons (Fsp3) is 0.300. The highest BCUT2D eigenvalue weighted by molar-refractivity contribution is 7.90. The molecule has 0 spiro atoms. The molecule has 0 atom stereocenters. The van der Waals surface area contributed by atoms with Crippen LogP contribution in [0.25, 0.3) is 0 Å². The van der Waals surface area contributed by atoms with E-state index < -0.39 is 9.84 Å². The third-order valence-corrected chi connectivity index (χ3v) is 3.28. The molecular formula is C10H11NO2S. The Morgan fingerprint density at radius 3 is 2.29 bits per heavy atom.